The normalized spacial score (nSPS) is 30.9. The molecule has 190 valence electrons. The molecular weight excluding hydrogens is 532 g/mol. The number of amides is 2. The number of thioether (sulfide) groups is 1. The van der Waals surface area contributed by atoms with Gasteiger partial charge in [0.2, 0.25) is 5.91 Å². The van der Waals surface area contributed by atoms with Crippen molar-refractivity contribution in [1.82, 2.24) is 4.90 Å². The highest BCUT2D eigenvalue weighted by molar-refractivity contribution is 9.09. The van der Waals surface area contributed by atoms with Gasteiger partial charge in [0, 0.05) is 35.5 Å². The Hall–Kier alpha value is -1.84. The van der Waals surface area contributed by atoms with Gasteiger partial charge < -0.3 is 19.6 Å². The van der Waals surface area contributed by atoms with Crippen molar-refractivity contribution in [2.24, 2.45) is 11.8 Å². The Balaban J connectivity index is 1.82. The van der Waals surface area contributed by atoms with Crippen molar-refractivity contribution >= 4 is 51.2 Å². The van der Waals surface area contributed by atoms with Crippen LogP contribution in [0.2, 0.25) is 0 Å². The summed E-state index contributed by atoms with van der Waals surface area (Å²) >= 11 is 5.34. The van der Waals surface area contributed by atoms with Gasteiger partial charge in [-0.15, -0.1) is 18.3 Å². The second-order valence-corrected chi connectivity index (χ2v) is 12.2. The maximum atomic E-state index is 14.5. The quantitative estimate of drug-likeness (QED) is 0.281. The van der Waals surface area contributed by atoms with E-state index in [9.17, 15) is 19.5 Å². The number of para-hydroxylation sites is 1. The molecule has 0 saturated carbocycles. The maximum Gasteiger partial charge on any atom is 0.310 e. The van der Waals surface area contributed by atoms with Gasteiger partial charge in [0.25, 0.3) is 5.91 Å². The lowest BCUT2D eigenvalue weighted by atomic mass is 9.71. The lowest BCUT2D eigenvalue weighted by Crippen LogP contribution is -2.56. The van der Waals surface area contributed by atoms with Crippen LogP contribution < -0.4 is 4.90 Å². The fraction of sp³-hybridized carbons (Fsp3) is 0.577. The predicted octanol–water partition coefficient (Wildman–Crippen LogP) is 3.23. The van der Waals surface area contributed by atoms with Gasteiger partial charge in [-0.25, -0.2) is 0 Å². The molecule has 4 rings (SSSR count). The molecule has 2 amide bonds. The third-order valence-corrected chi connectivity index (χ3v) is 10.6. The number of aliphatic hydroxyl groups excluding tert-OH is 1. The minimum Gasteiger partial charge on any atom is -0.466 e. The van der Waals surface area contributed by atoms with Crippen LogP contribution >= 0.6 is 27.7 Å². The molecule has 1 N–H and O–H groups in total. The Bertz CT molecular complexity index is 1010. The third kappa shape index (κ3) is 4.13. The number of nitrogens with zero attached hydrogens (tertiary/aromatic N) is 2. The van der Waals surface area contributed by atoms with Crippen molar-refractivity contribution < 1.29 is 24.2 Å². The number of fused-ring (bicyclic) bond motifs is 1. The van der Waals surface area contributed by atoms with Crippen LogP contribution in [0.3, 0.4) is 0 Å². The minimum atomic E-state index is -0.750. The van der Waals surface area contributed by atoms with Crippen molar-refractivity contribution in [2.75, 3.05) is 31.2 Å². The number of rotatable bonds is 9. The molecular formula is C26H33BrN2O5S. The Kier molecular flexibility index (Phi) is 7.69. The van der Waals surface area contributed by atoms with E-state index in [2.05, 4.69) is 22.5 Å². The van der Waals surface area contributed by atoms with Crippen LogP contribution in [0.4, 0.5) is 5.69 Å². The van der Waals surface area contributed by atoms with Gasteiger partial charge in [0.1, 0.15) is 6.04 Å². The van der Waals surface area contributed by atoms with Crippen LogP contribution in [0.5, 0.6) is 0 Å². The van der Waals surface area contributed by atoms with Gasteiger partial charge in [-0.3, -0.25) is 14.4 Å². The molecule has 0 aliphatic carbocycles. The number of carbonyl (C=O) groups excluding carboxylic acids is 3. The molecule has 3 aliphatic rings. The monoisotopic (exact) mass is 564 g/mol. The fourth-order valence-electron chi connectivity index (χ4n) is 6.20. The smallest absolute Gasteiger partial charge is 0.310 e. The van der Waals surface area contributed by atoms with Crippen molar-refractivity contribution in [1.29, 1.82) is 0 Å². The molecule has 9 heteroatoms. The van der Waals surface area contributed by atoms with E-state index in [0.29, 0.717) is 19.4 Å². The van der Waals surface area contributed by atoms with Crippen LogP contribution in [-0.4, -0.2) is 75.0 Å². The third-order valence-electron chi connectivity index (χ3n) is 7.43. The highest BCUT2D eigenvalue weighted by atomic mass is 79.9. The number of esters is 1. The number of alkyl halides is 1. The number of benzene rings is 1. The number of aryl methyl sites for hydroxylation is 2. The first kappa shape index (κ1) is 26.2. The van der Waals surface area contributed by atoms with E-state index in [1.165, 1.54) is 0 Å². The number of ether oxygens (including phenoxy) is 1. The summed E-state index contributed by atoms with van der Waals surface area (Å²) in [5.74, 6) is -1.96. The Morgan fingerprint density at radius 3 is 2.66 bits per heavy atom. The summed E-state index contributed by atoms with van der Waals surface area (Å²) in [6.45, 7) is 10.3. The van der Waals surface area contributed by atoms with E-state index in [-0.39, 0.29) is 47.6 Å². The first-order chi connectivity index (χ1) is 16.7. The molecule has 3 heterocycles. The zero-order valence-electron chi connectivity index (χ0n) is 20.4. The Labute approximate surface area is 219 Å². The highest BCUT2D eigenvalue weighted by Crippen LogP contribution is 2.68. The summed E-state index contributed by atoms with van der Waals surface area (Å²) in [6.07, 6.45) is 2.66. The highest BCUT2D eigenvalue weighted by Gasteiger charge is 2.76. The summed E-state index contributed by atoms with van der Waals surface area (Å²) < 4.78 is 4.65. The molecule has 0 radical (unpaired) electrons. The number of hydrogen-bond donors (Lipinski definition) is 1. The molecule has 1 aromatic carbocycles. The van der Waals surface area contributed by atoms with E-state index >= 15 is 0 Å². The first-order valence-corrected chi connectivity index (χ1v) is 13.9. The standard InChI is InChI=1S/C26H33BrN2O5S/c1-5-11-28(20-15(3)9-7-10-16(20)4)24(32)22-26-14-17(27)21(35-26)18(25(33)34-6-2)19(26)23(31)29(22)12-8-13-30/h5,7,9-10,17-19,21-22,30H,1,6,8,11-14H2,2-4H3/t17?,18-,19+,21-,22?,26?/m1/s1. The van der Waals surface area contributed by atoms with Gasteiger partial charge in [0.15, 0.2) is 0 Å². The Morgan fingerprint density at radius 2 is 2.06 bits per heavy atom. The van der Waals surface area contributed by atoms with Crippen LogP contribution in [0, 0.1) is 25.7 Å². The second kappa shape index (κ2) is 10.3. The number of carbonyl (C=O) groups is 3. The van der Waals surface area contributed by atoms with Crippen molar-refractivity contribution in [3.63, 3.8) is 0 Å². The molecule has 3 unspecified atom stereocenters. The summed E-state index contributed by atoms with van der Waals surface area (Å²) in [5, 5.41) is 9.40. The van der Waals surface area contributed by atoms with E-state index in [1.54, 1.807) is 34.6 Å². The predicted molar refractivity (Wildman–Crippen MR) is 141 cm³/mol. The van der Waals surface area contributed by atoms with E-state index in [4.69, 9.17) is 4.74 Å². The average molecular weight is 566 g/mol. The molecule has 1 aromatic rings. The number of aliphatic hydroxyl groups is 1. The topological polar surface area (TPSA) is 87.2 Å². The van der Waals surface area contributed by atoms with E-state index in [1.807, 2.05) is 32.0 Å². The summed E-state index contributed by atoms with van der Waals surface area (Å²) in [6, 6.07) is 5.15. The minimum absolute atomic E-state index is 0.00732. The molecule has 7 nitrogen and oxygen atoms in total. The maximum absolute atomic E-state index is 14.5. The molecule has 0 aromatic heterocycles. The lowest BCUT2D eigenvalue weighted by Gasteiger charge is -2.38. The van der Waals surface area contributed by atoms with Gasteiger partial charge >= 0.3 is 5.97 Å². The van der Waals surface area contributed by atoms with Crippen LogP contribution in [-0.2, 0) is 19.1 Å². The van der Waals surface area contributed by atoms with Crippen molar-refractivity contribution in [2.45, 2.75) is 54.5 Å². The Morgan fingerprint density at radius 1 is 1.37 bits per heavy atom. The molecule has 2 bridgehead atoms. The number of halogens is 1. The summed E-state index contributed by atoms with van der Waals surface area (Å²) in [4.78, 5) is 44.7. The zero-order valence-corrected chi connectivity index (χ0v) is 22.8. The van der Waals surface area contributed by atoms with E-state index < -0.39 is 22.6 Å². The summed E-state index contributed by atoms with van der Waals surface area (Å²) in [7, 11) is 0. The molecule has 3 aliphatic heterocycles. The second-order valence-electron chi connectivity index (χ2n) is 9.50. The SMILES string of the molecule is C=CCN(C(=O)C1N(CCCO)C(=O)[C@@H]2[C@@H](C(=O)OCC)[C@@H]3SC12CC3Br)c1c(C)cccc1C. The van der Waals surface area contributed by atoms with Gasteiger partial charge in [-0.1, -0.05) is 40.2 Å². The number of anilines is 1. The molecule has 1 spiro atoms. The van der Waals surface area contributed by atoms with E-state index in [0.717, 1.165) is 16.8 Å². The average Bonchev–Trinajstić information content (AvgIpc) is 3.40. The largest absolute Gasteiger partial charge is 0.466 e. The van der Waals surface area contributed by atoms with Crippen molar-refractivity contribution in [3.05, 3.63) is 42.0 Å². The van der Waals surface area contributed by atoms with Crippen LogP contribution in [0.15, 0.2) is 30.9 Å². The van der Waals surface area contributed by atoms with Gasteiger partial charge in [0.05, 0.1) is 23.2 Å². The lowest BCUT2D eigenvalue weighted by molar-refractivity contribution is -0.153. The zero-order chi connectivity index (χ0) is 25.5. The molecule has 3 fully saturated rings. The molecule has 3 saturated heterocycles. The van der Waals surface area contributed by atoms with Crippen LogP contribution in [0.1, 0.15) is 30.9 Å². The van der Waals surface area contributed by atoms with Gasteiger partial charge in [-0.2, -0.15) is 0 Å². The number of hydrogen-bond acceptors (Lipinski definition) is 6. The molecule has 6 atom stereocenters. The fourth-order valence-corrected chi connectivity index (χ4v) is 9.79. The number of likely N-dealkylation sites (tertiary alicyclic amines) is 1. The van der Waals surface area contributed by atoms with Crippen LogP contribution in [0.25, 0.3) is 0 Å². The molecule has 35 heavy (non-hydrogen) atoms. The summed E-state index contributed by atoms with van der Waals surface area (Å²) in [5.41, 5.74) is 2.75. The van der Waals surface area contributed by atoms with Crippen molar-refractivity contribution in [3.8, 4) is 0 Å². The van der Waals surface area contributed by atoms with Gasteiger partial charge in [-0.05, 0) is 44.7 Å². The first-order valence-electron chi connectivity index (χ1n) is 12.1.